The van der Waals surface area contributed by atoms with Gasteiger partial charge in [-0.2, -0.15) is 4.98 Å². The Bertz CT molecular complexity index is 1050. The second-order valence-corrected chi connectivity index (χ2v) is 9.09. The monoisotopic (exact) mass is 442 g/mol. The summed E-state index contributed by atoms with van der Waals surface area (Å²) in [5.74, 6) is -0.0530. The number of aryl methyl sites for hydroxylation is 1. The number of hydrogen-bond donors (Lipinski definition) is 1. The van der Waals surface area contributed by atoms with E-state index in [9.17, 15) is 14.0 Å². The molecular formula is C22H27FN6O3. The lowest BCUT2D eigenvalue weighted by molar-refractivity contribution is 0.0292. The fraction of sp³-hybridized carbons (Fsp3) is 0.455. The number of rotatable bonds is 2. The van der Waals surface area contributed by atoms with Crippen LogP contribution >= 0.6 is 0 Å². The quantitative estimate of drug-likeness (QED) is 0.764. The minimum absolute atomic E-state index is 0.0408. The van der Waals surface area contributed by atoms with Crippen molar-refractivity contribution in [2.75, 3.05) is 28.6 Å². The third-order valence-corrected chi connectivity index (χ3v) is 5.49. The maximum atomic E-state index is 14.7. The van der Waals surface area contributed by atoms with Gasteiger partial charge in [0.15, 0.2) is 0 Å². The average molecular weight is 442 g/mol. The highest BCUT2D eigenvalue weighted by molar-refractivity contribution is 6.06. The summed E-state index contributed by atoms with van der Waals surface area (Å²) >= 11 is 0. The lowest BCUT2D eigenvalue weighted by Gasteiger charge is -2.39. The topological polar surface area (TPSA) is 105 Å². The van der Waals surface area contributed by atoms with Crippen molar-refractivity contribution in [1.82, 2.24) is 14.9 Å². The first-order valence-corrected chi connectivity index (χ1v) is 10.5. The number of hydrogen-bond acceptors (Lipinski definition) is 6. The van der Waals surface area contributed by atoms with Crippen molar-refractivity contribution in [3.05, 3.63) is 41.3 Å². The molecule has 3 amide bonds. The molecule has 1 atom stereocenters. The van der Waals surface area contributed by atoms with E-state index in [0.717, 1.165) is 0 Å². The maximum absolute atomic E-state index is 14.7. The van der Waals surface area contributed by atoms with Crippen molar-refractivity contribution >= 4 is 29.6 Å². The van der Waals surface area contributed by atoms with Crippen LogP contribution in [0.1, 0.15) is 38.3 Å². The normalized spacial score (nSPS) is 18.7. The summed E-state index contributed by atoms with van der Waals surface area (Å²) in [5, 5.41) is 0. The molecule has 0 bridgehead atoms. The van der Waals surface area contributed by atoms with Crippen molar-refractivity contribution in [1.29, 1.82) is 0 Å². The van der Waals surface area contributed by atoms with Crippen LogP contribution in [0.15, 0.2) is 24.4 Å². The van der Waals surface area contributed by atoms with Crippen LogP contribution < -0.4 is 15.5 Å². The number of carbonyl (C=O) groups is 2. The molecule has 0 radical (unpaired) electrons. The summed E-state index contributed by atoms with van der Waals surface area (Å²) in [4.78, 5) is 39.0. The standard InChI is InChI=1S/C22H27FN6O3/c1-13-6-5-7-16(23)17(13)28-11-14-10-25-19(24)26-18(14)29(20(28)30)15-8-9-27(12-15)21(31)32-22(2,3)4/h5-7,10,15H,8-9,11-12H2,1-4H3,(H2,24,25,26)/t15-/m0/s1. The van der Waals surface area contributed by atoms with Crippen molar-refractivity contribution in [2.24, 2.45) is 0 Å². The highest BCUT2D eigenvalue weighted by atomic mass is 19.1. The molecule has 1 saturated heterocycles. The fourth-order valence-corrected chi connectivity index (χ4v) is 4.10. The summed E-state index contributed by atoms with van der Waals surface area (Å²) in [5.41, 5.74) is 6.69. The number of benzene rings is 1. The van der Waals surface area contributed by atoms with Gasteiger partial charge in [-0.05, 0) is 45.7 Å². The molecule has 0 unspecified atom stereocenters. The second-order valence-electron chi connectivity index (χ2n) is 9.09. The molecule has 2 aliphatic rings. The van der Waals surface area contributed by atoms with E-state index in [1.807, 2.05) is 0 Å². The van der Waals surface area contributed by atoms with Crippen LogP contribution in [0, 0.1) is 12.7 Å². The van der Waals surface area contributed by atoms with Gasteiger partial charge in [0.1, 0.15) is 17.2 Å². The Morgan fingerprint density at radius 1 is 1.31 bits per heavy atom. The number of fused-ring (bicyclic) bond motifs is 1. The number of halogens is 1. The Hall–Kier alpha value is -3.43. The molecule has 0 aliphatic carbocycles. The molecule has 2 aliphatic heterocycles. The van der Waals surface area contributed by atoms with E-state index in [1.165, 1.54) is 15.9 Å². The molecule has 2 aromatic rings. The third-order valence-electron chi connectivity index (χ3n) is 5.49. The fourth-order valence-electron chi connectivity index (χ4n) is 4.10. The van der Waals surface area contributed by atoms with Gasteiger partial charge in [-0.1, -0.05) is 12.1 Å². The number of anilines is 3. The van der Waals surface area contributed by atoms with Crippen molar-refractivity contribution in [2.45, 2.75) is 52.3 Å². The highest BCUT2D eigenvalue weighted by Gasteiger charge is 2.42. The van der Waals surface area contributed by atoms with Crippen LogP contribution in [-0.2, 0) is 11.3 Å². The largest absolute Gasteiger partial charge is 0.444 e. The van der Waals surface area contributed by atoms with E-state index in [-0.39, 0.29) is 30.8 Å². The SMILES string of the molecule is Cc1cccc(F)c1N1Cc2cnc(N)nc2N([C@H]2CCN(C(=O)OC(C)(C)C)C2)C1=O. The Balaban J connectivity index is 1.69. The molecule has 1 fully saturated rings. The van der Waals surface area contributed by atoms with Gasteiger partial charge in [0.05, 0.1) is 18.3 Å². The lowest BCUT2D eigenvalue weighted by atomic mass is 10.1. The molecule has 1 aromatic heterocycles. The first kappa shape index (κ1) is 21.8. The maximum Gasteiger partial charge on any atom is 0.410 e. The first-order chi connectivity index (χ1) is 15.0. The number of para-hydroxylation sites is 1. The van der Waals surface area contributed by atoms with Gasteiger partial charge in [0, 0.05) is 24.8 Å². The van der Waals surface area contributed by atoms with Crippen molar-refractivity contribution < 1.29 is 18.7 Å². The lowest BCUT2D eigenvalue weighted by Crippen LogP contribution is -2.54. The van der Waals surface area contributed by atoms with Gasteiger partial charge in [0.2, 0.25) is 5.95 Å². The van der Waals surface area contributed by atoms with Gasteiger partial charge < -0.3 is 15.4 Å². The number of urea groups is 1. The third kappa shape index (κ3) is 4.04. The van der Waals surface area contributed by atoms with E-state index in [4.69, 9.17) is 10.5 Å². The van der Waals surface area contributed by atoms with Gasteiger partial charge in [-0.25, -0.2) is 19.0 Å². The van der Waals surface area contributed by atoms with Crippen LogP contribution in [0.4, 0.5) is 31.4 Å². The van der Waals surface area contributed by atoms with Crippen LogP contribution in [0.2, 0.25) is 0 Å². The summed E-state index contributed by atoms with van der Waals surface area (Å²) in [7, 11) is 0. The molecule has 32 heavy (non-hydrogen) atoms. The van der Waals surface area contributed by atoms with Gasteiger partial charge in [-0.15, -0.1) is 0 Å². The Morgan fingerprint density at radius 3 is 2.75 bits per heavy atom. The van der Waals surface area contributed by atoms with Crippen LogP contribution in [-0.4, -0.2) is 51.7 Å². The van der Waals surface area contributed by atoms with Crippen LogP contribution in [0.25, 0.3) is 0 Å². The summed E-state index contributed by atoms with van der Waals surface area (Å²) in [6.07, 6.45) is 1.65. The van der Waals surface area contributed by atoms with Crippen LogP contribution in [0.3, 0.4) is 0 Å². The number of ether oxygens (including phenoxy) is 1. The van der Waals surface area contributed by atoms with E-state index in [2.05, 4.69) is 9.97 Å². The Labute approximate surface area is 186 Å². The predicted molar refractivity (Wildman–Crippen MR) is 118 cm³/mol. The van der Waals surface area contributed by atoms with E-state index >= 15 is 0 Å². The second kappa shape index (κ2) is 7.92. The van der Waals surface area contributed by atoms with Crippen molar-refractivity contribution in [3.63, 3.8) is 0 Å². The number of amides is 3. The number of carbonyl (C=O) groups excluding carboxylic acids is 2. The molecule has 1 aromatic carbocycles. The number of likely N-dealkylation sites (tertiary alicyclic amines) is 1. The average Bonchev–Trinajstić information content (AvgIpc) is 3.17. The van der Waals surface area contributed by atoms with E-state index in [1.54, 1.807) is 50.9 Å². The Morgan fingerprint density at radius 2 is 2.06 bits per heavy atom. The van der Waals surface area contributed by atoms with Gasteiger partial charge >= 0.3 is 12.1 Å². The molecule has 10 heteroatoms. The summed E-state index contributed by atoms with van der Waals surface area (Å²) < 4.78 is 20.2. The van der Waals surface area contributed by atoms with E-state index < -0.39 is 23.5 Å². The molecule has 170 valence electrons. The summed E-state index contributed by atoms with van der Waals surface area (Å²) in [6, 6.07) is 3.91. The predicted octanol–water partition coefficient (Wildman–Crippen LogP) is 3.46. The smallest absolute Gasteiger partial charge is 0.410 e. The zero-order chi connectivity index (χ0) is 23.2. The molecule has 2 N–H and O–H groups in total. The zero-order valence-corrected chi connectivity index (χ0v) is 18.6. The van der Waals surface area contributed by atoms with E-state index in [0.29, 0.717) is 29.9 Å². The number of nitrogens with two attached hydrogens (primary N) is 1. The highest BCUT2D eigenvalue weighted by Crippen LogP contribution is 2.36. The van der Waals surface area contributed by atoms with Crippen LogP contribution in [0.5, 0.6) is 0 Å². The molecular weight excluding hydrogens is 415 g/mol. The molecule has 3 heterocycles. The minimum Gasteiger partial charge on any atom is -0.444 e. The van der Waals surface area contributed by atoms with Gasteiger partial charge in [-0.3, -0.25) is 9.80 Å². The number of aromatic nitrogens is 2. The molecule has 9 nitrogen and oxygen atoms in total. The summed E-state index contributed by atoms with van der Waals surface area (Å²) in [6.45, 7) is 7.98. The minimum atomic E-state index is -0.621. The van der Waals surface area contributed by atoms with Gasteiger partial charge in [0.25, 0.3) is 0 Å². The molecule has 4 rings (SSSR count). The Kier molecular flexibility index (Phi) is 5.39. The molecule has 0 spiro atoms. The first-order valence-electron chi connectivity index (χ1n) is 10.5. The zero-order valence-electron chi connectivity index (χ0n) is 18.6. The number of nitrogens with zero attached hydrogens (tertiary/aromatic N) is 5. The molecule has 0 saturated carbocycles. The van der Waals surface area contributed by atoms with Crippen molar-refractivity contribution in [3.8, 4) is 0 Å². The number of nitrogen functional groups attached to an aromatic ring is 1.